The van der Waals surface area contributed by atoms with Crippen LogP contribution in [-0.2, 0) is 6.54 Å². The maximum Gasteiger partial charge on any atom is 0.0820 e. The van der Waals surface area contributed by atoms with Gasteiger partial charge in [-0.25, -0.2) is 0 Å². The number of halogens is 1. The van der Waals surface area contributed by atoms with E-state index in [0.717, 1.165) is 31.0 Å². The van der Waals surface area contributed by atoms with Crippen molar-refractivity contribution in [3.8, 4) is 0 Å². The van der Waals surface area contributed by atoms with E-state index in [2.05, 4.69) is 28.8 Å². The average molecular weight is 285 g/mol. The van der Waals surface area contributed by atoms with Crippen LogP contribution >= 0.6 is 11.6 Å². The van der Waals surface area contributed by atoms with Crippen LogP contribution in [0.3, 0.4) is 0 Å². The van der Waals surface area contributed by atoms with Crippen molar-refractivity contribution >= 4 is 11.6 Å². The molecule has 2 N–H and O–H groups in total. The highest BCUT2D eigenvalue weighted by molar-refractivity contribution is 6.31. The highest BCUT2D eigenvalue weighted by atomic mass is 35.5. The van der Waals surface area contributed by atoms with Crippen molar-refractivity contribution in [1.29, 1.82) is 0 Å². The molecule has 1 aliphatic rings. The molecular formula is C14H25ClN4. The molecule has 2 unspecified atom stereocenters. The Morgan fingerprint density at radius 2 is 2.16 bits per heavy atom. The van der Waals surface area contributed by atoms with Gasteiger partial charge in [0.1, 0.15) is 0 Å². The fourth-order valence-corrected chi connectivity index (χ4v) is 3.19. The first-order valence-corrected chi connectivity index (χ1v) is 7.57. The van der Waals surface area contributed by atoms with Crippen molar-refractivity contribution in [3.05, 3.63) is 16.9 Å². The predicted molar refractivity (Wildman–Crippen MR) is 79.6 cm³/mol. The average Bonchev–Trinajstić information content (AvgIpc) is 2.58. The first-order chi connectivity index (χ1) is 9.08. The summed E-state index contributed by atoms with van der Waals surface area (Å²) in [6.45, 7) is 1.87. The van der Waals surface area contributed by atoms with E-state index in [9.17, 15) is 0 Å². The molecule has 1 heterocycles. The lowest BCUT2D eigenvalue weighted by atomic mass is 9.95. The van der Waals surface area contributed by atoms with E-state index in [-0.39, 0.29) is 0 Å². The molecule has 19 heavy (non-hydrogen) atoms. The Kier molecular flexibility index (Phi) is 5.25. The Balaban J connectivity index is 2.14. The number of likely N-dealkylation sites (N-methyl/N-ethyl adjacent to an activating group) is 1. The lowest BCUT2D eigenvalue weighted by Gasteiger charge is -2.20. The lowest BCUT2D eigenvalue weighted by Crippen LogP contribution is -2.24. The van der Waals surface area contributed by atoms with Gasteiger partial charge in [-0.2, -0.15) is 5.10 Å². The van der Waals surface area contributed by atoms with Gasteiger partial charge in [0.05, 0.1) is 23.5 Å². The minimum Gasteiger partial charge on any atom is -0.328 e. The van der Waals surface area contributed by atoms with E-state index >= 15 is 0 Å². The maximum absolute atomic E-state index is 6.36. The topological polar surface area (TPSA) is 47.1 Å². The van der Waals surface area contributed by atoms with Gasteiger partial charge in [-0.3, -0.25) is 4.68 Å². The van der Waals surface area contributed by atoms with E-state index in [4.69, 9.17) is 17.3 Å². The van der Waals surface area contributed by atoms with Crippen LogP contribution in [0.1, 0.15) is 43.7 Å². The molecule has 1 aliphatic carbocycles. The monoisotopic (exact) mass is 284 g/mol. The van der Waals surface area contributed by atoms with Gasteiger partial charge < -0.3 is 10.6 Å². The SMILES string of the molecule is CN(C)CCn1ncc(Cl)c1C1CCCCC(N)C1. The molecular weight excluding hydrogens is 260 g/mol. The summed E-state index contributed by atoms with van der Waals surface area (Å²) in [5.74, 6) is 0.467. The zero-order chi connectivity index (χ0) is 13.8. The molecule has 1 fully saturated rings. The van der Waals surface area contributed by atoms with E-state index in [1.54, 1.807) is 6.20 Å². The van der Waals surface area contributed by atoms with Gasteiger partial charge in [0.2, 0.25) is 0 Å². The van der Waals surface area contributed by atoms with Crippen LogP contribution < -0.4 is 5.73 Å². The van der Waals surface area contributed by atoms with Gasteiger partial charge >= 0.3 is 0 Å². The first-order valence-electron chi connectivity index (χ1n) is 7.19. The number of hydrogen-bond donors (Lipinski definition) is 1. The predicted octanol–water partition coefficient (Wildman–Crippen LogP) is 2.47. The molecule has 5 heteroatoms. The number of nitrogens with two attached hydrogens (primary N) is 1. The molecule has 0 spiro atoms. The van der Waals surface area contributed by atoms with Crippen molar-refractivity contribution in [1.82, 2.24) is 14.7 Å². The molecule has 0 amide bonds. The second kappa shape index (κ2) is 6.73. The summed E-state index contributed by atoms with van der Waals surface area (Å²) in [7, 11) is 4.15. The van der Waals surface area contributed by atoms with Crippen LogP contribution in [-0.4, -0.2) is 41.4 Å². The molecule has 0 aromatic carbocycles. The maximum atomic E-state index is 6.36. The molecule has 2 rings (SSSR count). The molecule has 0 saturated heterocycles. The molecule has 0 bridgehead atoms. The smallest absolute Gasteiger partial charge is 0.0820 e. The molecule has 2 atom stereocenters. The summed E-state index contributed by atoms with van der Waals surface area (Å²) in [4.78, 5) is 2.16. The molecule has 0 aliphatic heterocycles. The third-order valence-corrected chi connectivity index (χ3v) is 4.23. The van der Waals surface area contributed by atoms with Crippen molar-refractivity contribution in [2.45, 2.75) is 50.6 Å². The Hall–Kier alpha value is -0.580. The Morgan fingerprint density at radius 3 is 2.89 bits per heavy atom. The zero-order valence-corrected chi connectivity index (χ0v) is 12.7. The number of nitrogens with zero attached hydrogens (tertiary/aromatic N) is 3. The van der Waals surface area contributed by atoms with Crippen molar-refractivity contribution in [3.63, 3.8) is 0 Å². The van der Waals surface area contributed by atoms with Crippen molar-refractivity contribution < 1.29 is 0 Å². The summed E-state index contributed by atoms with van der Waals surface area (Å²) in [5, 5.41) is 5.24. The first kappa shape index (κ1) is 14.8. The second-order valence-electron chi connectivity index (χ2n) is 5.88. The second-order valence-corrected chi connectivity index (χ2v) is 6.29. The fourth-order valence-electron chi connectivity index (χ4n) is 2.90. The number of hydrogen-bond acceptors (Lipinski definition) is 3. The van der Waals surface area contributed by atoms with Gasteiger partial charge in [0.25, 0.3) is 0 Å². The van der Waals surface area contributed by atoms with Gasteiger partial charge in [0.15, 0.2) is 0 Å². The summed E-state index contributed by atoms with van der Waals surface area (Å²) < 4.78 is 2.07. The molecule has 1 aromatic heterocycles. The molecule has 1 aromatic rings. The minimum atomic E-state index is 0.306. The highest BCUT2D eigenvalue weighted by Crippen LogP contribution is 2.34. The summed E-state index contributed by atoms with van der Waals surface area (Å²) in [6.07, 6.45) is 7.62. The molecule has 0 radical (unpaired) electrons. The molecule has 1 saturated carbocycles. The van der Waals surface area contributed by atoms with Crippen LogP contribution in [0.25, 0.3) is 0 Å². The normalized spacial score (nSPS) is 24.7. The fraction of sp³-hybridized carbons (Fsp3) is 0.786. The summed E-state index contributed by atoms with van der Waals surface area (Å²) in [5.41, 5.74) is 7.37. The van der Waals surface area contributed by atoms with E-state index < -0.39 is 0 Å². The van der Waals surface area contributed by atoms with E-state index in [1.165, 1.54) is 25.0 Å². The Labute approximate surface area is 120 Å². The third-order valence-electron chi connectivity index (χ3n) is 3.94. The molecule has 108 valence electrons. The van der Waals surface area contributed by atoms with Gasteiger partial charge in [-0.15, -0.1) is 0 Å². The lowest BCUT2D eigenvalue weighted by molar-refractivity contribution is 0.363. The number of aromatic nitrogens is 2. The third kappa shape index (κ3) is 3.94. The zero-order valence-electron chi connectivity index (χ0n) is 12.0. The van der Waals surface area contributed by atoms with Crippen LogP contribution in [0.5, 0.6) is 0 Å². The van der Waals surface area contributed by atoms with Gasteiger partial charge in [0, 0.05) is 18.5 Å². The van der Waals surface area contributed by atoms with Crippen LogP contribution in [0.15, 0.2) is 6.20 Å². The van der Waals surface area contributed by atoms with Crippen LogP contribution in [0.2, 0.25) is 5.02 Å². The van der Waals surface area contributed by atoms with E-state index in [0.29, 0.717) is 12.0 Å². The Morgan fingerprint density at radius 1 is 1.42 bits per heavy atom. The van der Waals surface area contributed by atoms with Crippen LogP contribution in [0, 0.1) is 0 Å². The van der Waals surface area contributed by atoms with Crippen molar-refractivity contribution in [2.24, 2.45) is 5.73 Å². The van der Waals surface area contributed by atoms with Gasteiger partial charge in [-0.1, -0.05) is 24.4 Å². The Bertz CT molecular complexity index is 402. The summed E-state index contributed by atoms with van der Waals surface area (Å²) in [6, 6.07) is 0.306. The largest absolute Gasteiger partial charge is 0.328 e. The quantitative estimate of drug-likeness (QED) is 0.864. The summed E-state index contributed by atoms with van der Waals surface area (Å²) >= 11 is 6.36. The molecule has 4 nitrogen and oxygen atoms in total. The standard InChI is InChI=1S/C14H25ClN4/c1-18(2)7-8-19-14(13(15)10-17-19)11-5-3-4-6-12(16)9-11/h10-12H,3-9,16H2,1-2H3. The highest BCUT2D eigenvalue weighted by Gasteiger charge is 2.24. The minimum absolute atomic E-state index is 0.306. The van der Waals surface area contributed by atoms with Gasteiger partial charge in [-0.05, 0) is 33.4 Å². The van der Waals surface area contributed by atoms with Crippen LogP contribution in [0.4, 0.5) is 0 Å². The van der Waals surface area contributed by atoms with E-state index in [1.807, 2.05) is 0 Å². The number of rotatable bonds is 4. The van der Waals surface area contributed by atoms with Crippen molar-refractivity contribution in [2.75, 3.05) is 20.6 Å².